The van der Waals surface area contributed by atoms with Crippen molar-refractivity contribution in [2.45, 2.75) is 63.5 Å². The lowest BCUT2D eigenvalue weighted by Gasteiger charge is -2.36. The molecule has 0 aromatic heterocycles. The Bertz CT molecular complexity index is 332. The molecule has 0 spiro atoms. The molecule has 0 bridgehead atoms. The maximum absolute atomic E-state index is 11.7. The van der Waals surface area contributed by atoms with Crippen molar-refractivity contribution in [2.75, 3.05) is 20.2 Å². The van der Waals surface area contributed by atoms with Crippen LogP contribution in [0.4, 0.5) is 0 Å². The minimum Gasteiger partial charge on any atom is -0.469 e. The van der Waals surface area contributed by atoms with Crippen molar-refractivity contribution in [1.82, 2.24) is 10.2 Å². The predicted molar refractivity (Wildman–Crippen MR) is 76.2 cm³/mol. The van der Waals surface area contributed by atoms with Crippen molar-refractivity contribution in [3.63, 3.8) is 0 Å². The number of rotatable bonds is 5. The summed E-state index contributed by atoms with van der Waals surface area (Å²) in [5, 5.41) is 3.04. The summed E-state index contributed by atoms with van der Waals surface area (Å²) in [5.74, 6) is -0.356. The van der Waals surface area contributed by atoms with Gasteiger partial charge in [-0.3, -0.25) is 9.59 Å². The molecule has 2 rings (SSSR count). The van der Waals surface area contributed by atoms with Crippen molar-refractivity contribution in [1.29, 1.82) is 0 Å². The molecule has 20 heavy (non-hydrogen) atoms. The Balaban J connectivity index is 1.63. The molecule has 0 unspecified atom stereocenters. The summed E-state index contributed by atoms with van der Waals surface area (Å²) in [4.78, 5) is 25.3. The third-order valence-electron chi connectivity index (χ3n) is 4.52. The van der Waals surface area contributed by atoms with Crippen LogP contribution in [-0.4, -0.2) is 49.1 Å². The number of ether oxygens (including phenoxy) is 1. The average molecular weight is 282 g/mol. The lowest BCUT2D eigenvalue weighted by atomic mass is 10.0. The molecule has 1 amide bonds. The largest absolute Gasteiger partial charge is 0.469 e. The number of carbonyl (C=O) groups excluding carboxylic acids is 2. The number of carbonyl (C=O) groups is 2. The number of piperidine rings is 1. The van der Waals surface area contributed by atoms with Gasteiger partial charge in [-0.05, 0) is 25.7 Å². The summed E-state index contributed by atoms with van der Waals surface area (Å²) >= 11 is 0. The zero-order valence-electron chi connectivity index (χ0n) is 12.4. The standard InChI is InChI=1S/C15H26N2O3/c1-20-15(19)7-6-14(18)16-12-8-10-17(11-9-12)13-4-2-3-5-13/h12-13H,2-11H2,1H3,(H,16,18). The molecule has 114 valence electrons. The highest BCUT2D eigenvalue weighted by Gasteiger charge is 2.27. The molecule has 0 atom stereocenters. The van der Waals surface area contributed by atoms with Crippen LogP contribution in [0.5, 0.6) is 0 Å². The van der Waals surface area contributed by atoms with Gasteiger partial charge in [-0.15, -0.1) is 0 Å². The fraction of sp³-hybridized carbons (Fsp3) is 0.867. The molecular weight excluding hydrogens is 256 g/mol. The first-order valence-corrected chi connectivity index (χ1v) is 7.79. The maximum atomic E-state index is 11.7. The molecule has 0 aromatic rings. The summed E-state index contributed by atoms with van der Waals surface area (Å²) in [5.41, 5.74) is 0. The van der Waals surface area contributed by atoms with Gasteiger partial charge in [0.05, 0.1) is 13.5 Å². The molecule has 2 aliphatic rings. The predicted octanol–water partition coefficient (Wildman–Crippen LogP) is 1.46. The van der Waals surface area contributed by atoms with Crippen molar-refractivity contribution in [3.05, 3.63) is 0 Å². The van der Waals surface area contributed by atoms with Crippen LogP contribution in [0.15, 0.2) is 0 Å². The Hall–Kier alpha value is -1.10. The van der Waals surface area contributed by atoms with Crippen molar-refractivity contribution >= 4 is 11.9 Å². The van der Waals surface area contributed by atoms with E-state index in [9.17, 15) is 9.59 Å². The van der Waals surface area contributed by atoms with Crippen LogP contribution in [0.2, 0.25) is 0 Å². The van der Waals surface area contributed by atoms with E-state index in [4.69, 9.17) is 0 Å². The third-order valence-corrected chi connectivity index (χ3v) is 4.52. The Labute approximate surface area is 121 Å². The van der Waals surface area contributed by atoms with Gasteiger partial charge in [-0.2, -0.15) is 0 Å². The molecule has 1 saturated heterocycles. The SMILES string of the molecule is COC(=O)CCC(=O)NC1CCN(C2CCCC2)CC1. The second kappa shape index (κ2) is 7.62. The monoisotopic (exact) mass is 282 g/mol. The zero-order valence-corrected chi connectivity index (χ0v) is 12.4. The summed E-state index contributed by atoms with van der Waals surface area (Å²) in [7, 11) is 1.35. The van der Waals surface area contributed by atoms with Crippen LogP contribution in [0.25, 0.3) is 0 Å². The lowest BCUT2D eigenvalue weighted by Crippen LogP contribution is -2.47. The number of amides is 1. The fourth-order valence-electron chi connectivity index (χ4n) is 3.30. The second-order valence-electron chi connectivity index (χ2n) is 5.89. The van der Waals surface area contributed by atoms with E-state index in [0.29, 0.717) is 0 Å². The number of hydrogen-bond donors (Lipinski definition) is 1. The Morgan fingerprint density at radius 3 is 2.35 bits per heavy atom. The first-order chi connectivity index (χ1) is 9.69. The van der Waals surface area contributed by atoms with Crippen LogP contribution in [0.3, 0.4) is 0 Å². The number of nitrogens with one attached hydrogen (secondary N) is 1. The van der Waals surface area contributed by atoms with Gasteiger partial charge >= 0.3 is 5.97 Å². The molecule has 2 fully saturated rings. The first kappa shape index (κ1) is 15.3. The smallest absolute Gasteiger partial charge is 0.306 e. The minimum atomic E-state index is -0.323. The van der Waals surface area contributed by atoms with Gasteiger partial charge in [0.25, 0.3) is 0 Å². The Morgan fingerprint density at radius 2 is 1.75 bits per heavy atom. The molecule has 0 radical (unpaired) electrons. The topological polar surface area (TPSA) is 58.6 Å². The summed E-state index contributed by atoms with van der Waals surface area (Å²) in [6.07, 6.45) is 7.88. The highest BCUT2D eigenvalue weighted by Crippen LogP contribution is 2.26. The molecule has 1 heterocycles. The van der Waals surface area contributed by atoms with Crippen LogP contribution in [0, 0.1) is 0 Å². The van der Waals surface area contributed by atoms with Gasteiger partial charge in [0.2, 0.25) is 5.91 Å². The van der Waals surface area contributed by atoms with Crippen molar-refractivity contribution < 1.29 is 14.3 Å². The fourth-order valence-corrected chi connectivity index (χ4v) is 3.30. The Kier molecular flexibility index (Phi) is 5.83. The average Bonchev–Trinajstić information content (AvgIpc) is 2.99. The molecule has 1 aliphatic carbocycles. The summed E-state index contributed by atoms with van der Waals surface area (Å²) < 4.78 is 4.54. The van der Waals surface area contributed by atoms with Gasteiger partial charge in [-0.1, -0.05) is 12.8 Å². The number of esters is 1. The van der Waals surface area contributed by atoms with E-state index in [0.717, 1.165) is 32.0 Å². The number of likely N-dealkylation sites (tertiary alicyclic amines) is 1. The van der Waals surface area contributed by atoms with Crippen molar-refractivity contribution in [3.8, 4) is 0 Å². The van der Waals surface area contributed by atoms with Crippen molar-refractivity contribution in [2.24, 2.45) is 0 Å². The van der Waals surface area contributed by atoms with Gasteiger partial charge < -0.3 is 15.0 Å². The molecule has 1 saturated carbocycles. The number of hydrogen-bond acceptors (Lipinski definition) is 4. The van der Waals surface area contributed by atoms with Gasteiger partial charge in [0, 0.05) is 31.6 Å². The molecule has 5 heteroatoms. The normalized spacial score (nSPS) is 21.9. The minimum absolute atomic E-state index is 0.0327. The number of nitrogens with zero attached hydrogens (tertiary/aromatic N) is 1. The molecule has 0 aromatic carbocycles. The zero-order chi connectivity index (χ0) is 14.4. The van der Waals surface area contributed by atoms with Crippen LogP contribution >= 0.6 is 0 Å². The molecule has 1 N–H and O–H groups in total. The van der Waals surface area contributed by atoms with Gasteiger partial charge in [-0.25, -0.2) is 0 Å². The summed E-state index contributed by atoms with van der Waals surface area (Å²) in [6.45, 7) is 2.18. The van der Waals surface area contributed by atoms with Crippen LogP contribution in [0.1, 0.15) is 51.4 Å². The maximum Gasteiger partial charge on any atom is 0.306 e. The quantitative estimate of drug-likeness (QED) is 0.776. The van der Waals surface area contributed by atoms with E-state index in [1.54, 1.807) is 0 Å². The van der Waals surface area contributed by atoms with E-state index < -0.39 is 0 Å². The van der Waals surface area contributed by atoms with E-state index in [-0.39, 0.29) is 30.8 Å². The first-order valence-electron chi connectivity index (χ1n) is 7.79. The highest BCUT2D eigenvalue weighted by molar-refractivity contribution is 5.81. The van der Waals surface area contributed by atoms with Crippen LogP contribution in [-0.2, 0) is 14.3 Å². The van der Waals surface area contributed by atoms with Gasteiger partial charge in [0.15, 0.2) is 0 Å². The van der Waals surface area contributed by atoms with Gasteiger partial charge in [0.1, 0.15) is 0 Å². The number of methoxy groups -OCH3 is 1. The second-order valence-corrected chi connectivity index (χ2v) is 5.89. The summed E-state index contributed by atoms with van der Waals surface area (Å²) in [6, 6.07) is 1.06. The lowest BCUT2D eigenvalue weighted by molar-refractivity contribution is -0.142. The highest BCUT2D eigenvalue weighted by atomic mass is 16.5. The van der Waals surface area contributed by atoms with E-state index in [2.05, 4.69) is 15.0 Å². The molecular formula is C15H26N2O3. The van der Waals surface area contributed by atoms with E-state index in [1.165, 1.54) is 32.8 Å². The third kappa shape index (κ3) is 4.47. The molecule has 1 aliphatic heterocycles. The van der Waals surface area contributed by atoms with E-state index in [1.807, 2.05) is 0 Å². The molecule has 5 nitrogen and oxygen atoms in total. The van der Waals surface area contributed by atoms with E-state index >= 15 is 0 Å². The van der Waals surface area contributed by atoms with Crippen LogP contribution < -0.4 is 5.32 Å². The Morgan fingerprint density at radius 1 is 1.10 bits per heavy atom.